The van der Waals surface area contributed by atoms with E-state index in [1.165, 1.54) is 18.4 Å². The number of halogens is 1. The fraction of sp³-hybridized carbons (Fsp3) is 0.294. The number of rotatable bonds is 4. The van der Waals surface area contributed by atoms with Crippen LogP contribution < -0.4 is 11.1 Å². The van der Waals surface area contributed by atoms with E-state index in [1.54, 1.807) is 0 Å². The minimum absolute atomic E-state index is 0.354. The Morgan fingerprint density at radius 1 is 1.20 bits per heavy atom. The predicted octanol–water partition coefficient (Wildman–Crippen LogP) is 4.90. The molecule has 1 atom stereocenters. The highest BCUT2D eigenvalue weighted by molar-refractivity contribution is 9.10. The van der Waals surface area contributed by atoms with Gasteiger partial charge < -0.3 is 11.1 Å². The summed E-state index contributed by atoms with van der Waals surface area (Å²) >= 11 is 3.55. The topological polar surface area (TPSA) is 38.0 Å². The Morgan fingerprint density at radius 2 is 1.90 bits per heavy atom. The zero-order valence-electron chi connectivity index (χ0n) is 11.6. The molecule has 0 saturated heterocycles. The third-order valence-corrected chi connectivity index (χ3v) is 4.37. The Balaban J connectivity index is 1.91. The van der Waals surface area contributed by atoms with Crippen LogP contribution in [0.15, 0.2) is 46.9 Å². The van der Waals surface area contributed by atoms with E-state index in [0.29, 0.717) is 6.04 Å². The van der Waals surface area contributed by atoms with Gasteiger partial charge in [0, 0.05) is 4.47 Å². The van der Waals surface area contributed by atoms with Crippen molar-refractivity contribution in [3.8, 4) is 0 Å². The molecular weight excluding hydrogens is 312 g/mol. The summed E-state index contributed by atoms with van der Waals surface area (Å²) in [5.74, 6) is 0.719. The van der Waals surface area contributed by atoms with E-state index >= 15 is 0 Å². The summed E-state index contributed by atoms with van der Waals surface area (Å²) in [6, 6.07) is 15.1. The van der Waals surface area contributed by atoms with E-state index < -0.39 is 0 Å². The molecule has 3 heteroatoms. The van der Waals surface area contributed by atoms with Gasteiger partial charge in [0.2, 0.25) is 0 Å². The minimum Gasteiger partial charge on any atom is -0.397 e. The fourth-order valence-electron chi connectivity index (χ4n) is 2.60. The molecule has 1 aliphatic rings. The maximum atomic E-state index is 6.22. The molecule has 1 fully saturated rings. The van der Waals surface area contributed by atoms with Gasteiger partial charge in [-0.2, -0.15) is 0 Å². The minimum atomic E-state index is 0.354. The van der Waals surface area contributed by atoms with Gasteiger partial charge in [0.05, 0.1) is 17.4 Å². The predicted molar refractivity (Wildman–Crippen MR) is 88.8 cm³/mol. The summed E-state index contributed by atoms with van der Waals surface area (Å²) in [4.78, 5) is 0. The van der Waals surface area contributed by atoms with Gasteiger partial charge in [0.25, 0.3) is 0 Å². The second-order valence-electron chi connectivity index (χ2n) is 5.55. The maximum Gasteiger partial charge on any atom is 0.0592 e. The lowest BCUT2D eigenvalue weighted by Gasteiger charge is -2.22. The third-order valence-electron chi connectivity index (χ3n) is 3.91. The van der Waals surface area contributed by atoms with Crippen LogP contribution in [0.4, 0.5) is 11.4 Å². The number of benzene rings is 2. The molecular formula is C17H19BrN2. The molecule has 104 valence electrons. The van der Waals surface area contributed by atoms with Gasteiger partial charge in [-0.1, -0.05) is 46.3 Å². The molecule has 20 heavy (non-hydrogen) atoms. The molecule has 2 nitrogen and oxygen atoms in total. The van der Waals surface area contributed by atoms with Crippen LogP contribution in [0.25, 0.3) is 0 Å². The monoisotopic (exact) mass is 330 g/mol. The molecule has 0 aliphatic heterocycles. The van der Waals surface area contributed by atoms with Crippen molar-refractivity contribution >= 4 is 27.3 Å². The van der Waals surface area contributed by atoms with E-state index in [-0.39, 0.29) is 0 Å². The lowest BCUT2D eigenvalue weighted by atomic mass is 10.0. The van der Waals surface area contributed by atoms with E-state index in [2.05, 4.69) is 63.7 Å². The van der Waals surface area contributed by atoms with E-state index in [9.17, 15) is 0 Å². The number of nitrogens with one attached hydrogen (secondary N) is 1. The lowest BCUT2D eigenvalue weighted by molar-refractivity contribution is 0.679. The largest absolute Gasteiger partial charge is 0.397 e. The van der Waals surface area contributed by atoms with Crippen LogP contribution in [0, 0.1) is 12.8 Å². The molecule has 1 aliphatic carbocycles. The van der Waals surface area contributed by atoms with Gasteiger partial charge in [0.15, 0.2) is 0 Å². The Kier molecular flexibility index (Phi) is 3.70. The van der Waals surface area contributed by atoms with Gasteiger partial charge in [-0.3, -0.25) is 0 Å². The van der Waals surface area contributed by atoms with Crippen LogP contribution >= 0.6 is 15.9 Å². The Bertz CT molecular complexity index is 606. The maximum absolute atomic E-state index is 6.22. The summed E-state index contributed by atoms with van der Waals surface area (Å²) in [6.45, 7) is 2.04. The molecule has 0 spiro atoms. The second-order valence-corrected chi connectivity index (χ2v) is 6.47. The Morgan fingerprint density at radius 3 is 2.55 bits per heavy atom. The van der Waals surface area contributed by atoms with Crippen molar-refractivity contribution in [3.63, 3.8) is 0 Å². The standard InChI is InChI=1S/C17H19BrN2/c1-11-9-14(18)10-15(16(11)19)20-17(13-7-8-13)12-5-3-2-4-6-12/h2-6,9-10,13,17,20H,7-8,19H2,1H3. The molecule has 1 unspecified atom stereocenters. The smallest absolute Gasteiger partial charge is 0.0592 e. The highest BCUT2D eigenvalue weighted by atomic mass is 79.9. The summed E-state index contributed by atoms with van der Waals surface area (Å²) in [5.41, 5.74) is 10.5. The number of nitrogen functional groups attached to an aromatic ring is 1. The van der Waals surface area contributed by atoms with Crippen molar-refractivity contribution in [2.24, 2.45) is 5.92 Å². The SMILES string of the molecule is Cc1cc(Br)cc(NC(c2ccccc2)C2CC2)c1N. The van der Waals surface area contributed by atoms with Crippen molar-refractivity contribution in [2.45, 2.75) is 25.8 Å². The Hall–Kier alpha value is -1.48. The summed E-state index contributed by atoms with van der Waals surface area (Å²) in [5, 5.41) is 3.65. The molecule has 2 aromatic rings. The van der Waals surface area contributed by atoms with Crippen molar-refractivity contribution in [2.75, 3.05) is 11.1 Å². The molecule has 0 radical (unpaired) electrons. The number of nitrogens with two attached hydrogens (primary N) is 1. The van der Waals surface area contributed by atoms with Gasteiger partial charge >= 0.3 is 0 Å². The van der Waals surface area contributed by atoms with Crippen molar-refractivity contribution in [1.82, 2.24) is 0 Å². The normalized spacial score (nSPS) is 15.9. The summed E-state index contributed by atoms with van der Waals surface area (Å²) in [6.07, 6.45) is 2.58. The number of anilines is 2. The summed E-state index contributed by atoms with van der Waals surface area (Å²) in [7, 11) is 0. The highest BCUT2D eigenvalue weighted by Crippen LogP contribution is 2.44. The molecule has 1 saturated carbocycles. The molecule has 0 heterocycles. The molecule has 0 aromatic heterocycles. The van der Waals surface area contributed by atoms with Crippen molar-refractivity contribution in [3.05, 3.63) is 58.1 Å². The van der Waals surface area contributed by atoms with Crippen LogP contribution in [0.1, 0.15) is 30.0 Å². The molecule has 2 aromatic carbocycles. The van der Waals surface area contributed by atoms with Crippen LogP contribution in [0.3, 0.4) is 0 Å². The first-order chi connectivity index (χ1) is 9.65. The van der Waals surface area contributed by atoms with Crippen molar-refractivity contribution < 1.29 is 0 Å². The van der Waals surface area contributed by atoms with Crippen molar-refractivity contribution in [1.29, 1.82) is 0 Å². The molecule has 3 N–H and O–H groups in total. The quantitative estimate of drug-likeness (QED) is 0.782. The zero-order valence-corrected chi connectivity index (χ0v) is 13.2. The van der Waals surface area contributed by atoms with Gasteiger partial charge in [0.1, 0.15) is 0 Å². The highest BCUT2D eigenvalue weighted by Gasteiger charge is 2.32. The van der Waals surface area contributed by atoms with E-state index in [0.717, 1.165) is 27.3 Å². The zero-order chi connectivity index (χ0) is 14.1. The molecule has 3 rings (SSSR count). The fourth-order valence-corrected chi connectivity index (χ4v) is 3.18. The molecule has 0 bridgehead atoms. The number of aryl methyl sites for hydroxylation is 1. The van der Waals surface area contributed by atoms with Crippen LogP contribution in [0.2, 0.25) is 0 Å². The third kappa shape index (κ3) is 2.83. The van der Waals surface area contributed by atoms with Gasteiger partial charge in [-0.15, -0.1) is 0 Å². The number of hydrogen-bond acceptors (Lipinski definition) is 2. The Labute approximate surface area is 128 Å². The van der Waals surface area contributed by atoms with Gasteiger partial charge in [-0.25, -0.2) is 0 Å². The summed E-state index contributed by atoms with van der Waals surface area (Å²) < 4.78 is 1.06. The van der Waals surface area contributed by atoms with Gasteiger partial charge in [-0.05, 0) is 48.9 Å². The van der Waals surface area contributed by atoms with E-state index in [1.807, 2.05) is 6.92 Å². The first kappa shape index (κ1) is 13.5. The lowest BCUT2D eigenvalue weighted by Crippen LogP contribution is -2.14. The van der Waals surface area contributed by atoms with E-state index in [4.69, 9.17) is 5.73 Å². The van der Waals surface area contributed by atoms with Crippen LogP contribution in [0.5, 0.6) is 0 Å². The first-order valence-corrected chi connectivity index (χ1v) is 7.81. The average Bonchev–Trinajstić information content (AvgIpc) is 3.26. The second kappa shape index (κ2) is 5.49. The number of hydrogen-bond donors (Lipinski definition) is 2. The van der Waals surface area contributed by atoms with Crippen LogP contribution in [-0.4, -0.2) is 0 Å². The molecule has 0 amide bonds. The first-order valence-electron chi connectivity index (χ1n) is 7.02. The average molecular weight is 331 g/mol. The van der Waals surface area contributed by atoms with Crippen LogP contribution in [-0.2, 0) is 0 Å².